The molecule has 4 rings (SSSR count). The van der Waals surface area contributed by atoms with Gasteiger partial charge < -0.3 is 11.1 Å². The number of hydrogen-bond acceptors (Lipinski definition) is 2. The molecule has 0 aliphatic heterocycles. The van der Waals surface area contributed by atoms with Gasteiger partial charge in [-0.2, -0.15) is 0 Å². The van der Waals surface area contributed by atoms with Crippen LogP contribution in [0.2, 0.25) is 0 Å². The van der Waals surface area contributed by atoms with Crippen LogP contribution in [0, 0.1) is 5.82 Å². The molecule has 2 amide bonds. The highest BCUT2D eigenvalue weighted by Gasteiger charge is 2.27. The summed E-state index contributed by atoms with van der Waals surface area (Å²) in [6.45, 7) is 3.45. The first-order valence-corrected chi connectivity index (χ1v) is 8.77. The van der Waals surface area contributed by atoms with Gasteiger partial charge in [-0.05, 0) is 64.6 Å². The highest BCUT2D eigenvalue weighted by molar-refractivity contribution is 6.03. The highest BCUT2D eigenvalue weighted by Crippen LogP contribution is 2.45. The number of hydrogen-bond donors (Lipinski definition) is 2. The molecule has 0 atom stereocenters. The van der Waals surface area contributed by atoms with Crippen molar-refractivity contribution >= 4 is 17.5 Å². The molecule has 0 spiro atoms. The van der Waals surface area contributed by atoms with E-state index in [1.54, 1.807) is 36.4 Å². The zero-order valence-electron chi connectivity index (χ0n) is 15.0. The summed E-state index contributed by atoms with van der Waals surface area (Å²) in [4.78, 5) is 23.5. The summed E-state index contributed by atoms with van der Waals surface area (Å²) < 4.78 is 14.5. The first-order valence-electron chi connectivity index (χ1n) is 8.77. The molecule has 4 nitrogen and oxygen atoms in total. The van der Waals surface area contributed by atoms with Crippen molar-refractivity contribution < 1.29 is 14.0 Å². The third-order valence-electron chi connectivity index (χ3n) is 4.94. The van der Waals surface area contributed by atoms with E-state index < -0.39 is 5.91 Å². The summed E-state index contributed by atoms with van der Waals surface area (Å²) in [5.41, 5.74) is 11.2. The lowest BCUT2D eigenvalue weighted by molar-refractivity contribution is -0.111. The summed E-state index contributed by atoms with van der Waals surface area (Å²) in [7, 11) is 0. The maximum absolute atomic E-state index is 14.5. The van der Waals surface area contributed by atoms with Gasteiger partial charge in [0.25, 0.3) is 0 Å². The number of amides is 2. The number of fused-ring (bicyclic) bond motifs is 3. The van der Waals surface area contributed by atoms with Crippen LogP contribution >= 0.6 is 0 Å². The van der Waals surface area contributed by atoms with E-state index in [-0.39, 0.29) is 11.7 Å². The number of halogens is 1. The van der Waals surface area contributed by atoms with Crippen molar-refractivity contribution in [1.82, 2.24) is 0 Å². The number of carbonyl (C=O) groups is 2. The van der Waals surface area contributed by atoms with Crippen LogP contribution in [-0.4, -0.2) is 11.8 Å². The maximum atomic E-state index is 14.5. The molecule has 0 bridgehead atoms. The summed E-state index contributed by atoms with van der Waals surface area (Å²) in [5, 5.41) is 2.73. The third kappa shape index (κ3) is 2.87. The highest BCUT2D eigenvalue weighted by atomic mass is 19.1. The maximum Gasteiger partial charge on any atom is 0.249 e. The van der Waals surface area contributed by atoms with Crippen molar-refractivity contribution in [2.75, 3.05) is 5.32 Å². The molecule has 3 aromatic carbocycles. The van der Waals surface area contributed by atoms with Gasteiger partial charge in [0.15, 0.2) is 0 Å². The topological polar surface area (TPSA) is 72.2 Å². The molecular formula is C23H17FN2O2. The minimum atomic E-state index is -0.524. The fourth-order valence-corrected chi connectivity index (χ4v) is 3.72. The molecule has 3 aromatic rings. The Labute approximate surface area is 161 Å². The van der Waals surface area contributed by atoms with Crippen molar-refractivity contribution in [3.63, 3.8) is 0 Å². The van der Waals surface area contributed by atoms with Crippen molar-refractivity contribution in [3.8, 4) is 22.3 Å². The first-order chi connectivity index (χ1) is 13.5. The van der Waals surface area contributed by atoms with E-state index in [1.165, 1.54) is 12.1 Å². The number of benzene rings is 3. The molecule has 138 valence electrons. The molecular weight excluding hydrogens is 355 g/mol. The number of nitrogens with one attached hydrogen (secondary N) is 1. The Kier molecular flexibility index (Phi) is 4.28. The number of nitrogens with two attached hydrogens (primary N) is 1. The van der Waals surface area contributed by atoms with Crippen molar-refractivity contribution in [1.29, 1.82) is 0 Å². The fraction of sp³-hybridized carbons (Fsp3) is 0.0435. The smallest absolute Gasteiger partial charge is 0.249 e. The van der Waals surface area contributed by atoms with Crippen LogP contribution in [0.3, 0.4) is 0 Å². The Morgan fingerprint density at radius 1 is 1.04 bits per heavy atom. The van der Waals surface area contributed by atoms with Crippen molar-refractivity contribution in [3.05, 3.63) is 89.8 Å². The zero-order chi connectivity index (χ0) is 19.8. The monoisotopic (exact) mass is 372 g/mol. The second-order valence-corrected chi connectivity index (χ2v) is 6.60. The number of rotatable bonds is 4. The van der Waals surface area contributed by atoms with E-state index in [2.05, 4.69) is 11.9 Å². The quantitative estimate of drug-likeness (QED) is 0.525. The second kappa shape index (κ2) is 6.78. The Morgan fingerprint density at radius 2 is 1.79 bits per heavy atom. The Bertz CT molecular complexity index is 1150. The van der Waals surface area contributed by atoms with Gasteiger partial charge >= 0.3 is 0 Å². The molecule has 28 heavy (non-hydrogen) atoms. The minimum Gasteiger partial charge on any atom is -0.366 e. The van der Waals surface area contributed by atoms with E-state index >= 15 is 0 Å². The molecule has 0 saturated carbocycles. The third-order valence-corrected chi connectivity index (χ3v) is 4.94. The summed E-state index contributed by atoms with van der Waals surface area (Å²) in [6.07, 6.45) is 1.67. The van der Waals surface area contributed by atoms with Gasteiger partial charge in [-0.25, -0.2) is 4.39 Å². The van der Waals surface area contributed by atoms with E-state index in [9.17, 15) is 14.0 Å². The van der Waals surface area contributed by atoms with Gasteiger partial charge in [0.1, 0.15) is 5.82 Å². The van der Waals surface area contributed by atoms with Gasteiger partial charge in [-0.15, -0.1) is 0 Å². The van der Waals surface area contributed by atoms with Crippen LogP contribution in [-0.2, 0) is 11.2 Å². The van der Waals surface area contributed by atoms with E-state index in [4.69, 9.17) is 5.73 Å². The Balaban J connectivity index is 1.92. The molecule has 0 unspecified atom stereocenters. The Hall–Kier alpha value is -3.73. The largest absolute Gasteiger partial charge is 0.366 e. The van der Waals surface area contributed by atoms with E-state index in [1.807, 2.05) is 12.1 Å². The lowest BCUT2D eigenvalue weighted by Gasteiger charge is -2.13. The lowest BCUT2D eigenvalue weighted by atomic mass is 9.91. The number of carbonyl (C=O) groups excluding carboxylic acids is 2. The molecule has 5 heteroatoms. The average molecular weight is 372 g/mol. The molecule has 0 radical (unpaired) electrons. The van der Waals surface area contributed by atoms with Gasteiger partial charge in [0, 0.05) is 16.8 Å². The molecule has 0 saturated heterocycles. The Morgan fingerprint density at radius 3 is 2.50 bits per heavy atom. The normalized spacial score (nSPS) is 11.5. The fourth-order valence-electron chi connectivity index (χ4n) is 3.72. The molecule has 3 N–H and O–H groups in total. The van der Waals surface area contributed by atoms with Crippen LogP contribution in [0.4, 0.5) is 10.1 Å². The van der Waals surface area contributed by atoms with Gasteiger partial charge in [-0.3, -0.25) is 9.59 Å². The minimum absolute atomic E-state index is 0.305. The van der Waals surface area contributed by atoms with Gasteiger partial charge in [0.05, 0.1) is 0 Å². The van der Waals surface area contributed by atoms with Crippen LogP contribution in [0.25, 0.3) is 22.3 Å². The van der Waals surface area contributed by atoms with Crippen molar-refractivity contribution in [2.24, 2.45) is 5.73 Å². The first kappa shape index (κ1) is 17.7. The van der Waals surface area contributed by atoms with Crippen molar-refractivity contribution in [2.45, 2.75) is 6.42 Å². The predicted molar refractivity (Wildman–Crippen MR) is 107 cm³/mol. The SMILES string of the molecule is C=CC(=O)Nc1ccc2c(c1)Cc1c(C(N)=O)ccc(-c3ccccc3F)c1-2. The van der Waals surface area contributed by atoms with Crippen LogP contribution in [0.1, 0.15) is 21.5 Å². The van der Waals surface area contributed by atoms with Gasteiger partial charge in [-0.1, -0.05) is 36.9 Å². The average Bonchev–Trinajstić information content (AvgIpc) is 3.06. The summed E-state index contributed by atoms with van der Waals surface area (Å²) >= 11 is 0. The predicted octanol–water partition coefficient (Wildman–Crippen LogP) is 4.29. The van der Waals surface area contributed by atoms with Crippen LogP contribution in [0.5, 0.6) is 0 Å². The van der Waals surface area contributed by atoms with E-state index in [0.29, 0.717) is 28.8 Å². The molecule has 1 aliphatic carbocycles. The molecule has 0 heterocycles. The number of primary amides is 1. The summed E-state index contributed by atoms with van der Waals surface area (Å²) in [6, 6.07) is 15.4. The second-order valence-electron chi connectivity index (χ2n) is 6.60. The van der Waals surface area contributed by atoms with Gasteiger partial charge in [0.2, 0.25) is 11.8 Å². The van der Waals surface area contributed by atoms with Crippen LogP contribution in [0.15, 0.2) is 67.3 Å². The zero-order valence-corrected chi connectivity index (χ0v) is 15.0. The standard InChI is InChI=1S/C23H17FN2O2/c1-2-21(27)26-14-7-8-15-13(11-14)12-19-18(23(25)28)10-9-17(22(15)19)16-5-3-4-6-20(16)24/h2-11H,1,12H2,(H2,25,28)(H,26,27). The number of anilines is 1. The molecule has 0 fully saturated rings. The lowest BCUT2D eigenvalue weighted by Crippen LogP contribution is -2.13. The molecule has 0 aromatic heterocycles. The van der Waals surface area contributed by atoms with E-state index in [0.717, 1.165) is 22.3 Å². The van der Waals surface area contributed by atoms with Crippen LogP contribution < -0.4 is 11.1 Å². The molecule has 1 aliphatic rings. The summed E-state index contributed by atoms with van der Waals surface area (Å²) in [5.74, 6) is -1.16.